The van der Waals surface area contributed by atoms with E-state index in [4.69, 9.17) is 0 Å². The van der Waals surface area contributed by atoms with Gasteiger partial charge in [0.1, 0.15) is 0 Å². The van der Waals surface area contributed by atoms with Crippen LogP contribution in [-0.2, 0) is 4.79 Å². The molecule has 0 spiro atoms. The molecule has 1 amide bonds. The monoisotopic (exact) mass is 224 g/mol. The maximum Gasteiger partial charge on any atom is 0.220 e. The molecule has 0 radical (unpaired) electrons. The maximum atomic E-state index is 11.8. The summed E-state index contributed by atoms with van der Waals surface area (Å²) in [5.74, 6) is 1.56. The summed E-state index contributed by atoms with van der Waals surface area (Å²) in [6, 6.07) is 0.337. The highest BCUT2D eigenvalue weighted by Gasteiger charge is 2.24. The number of carbonyl (C=O) groups excluding carboxylic acids is 1. The van der Waals surface area contributed by atoms with Gasteiger partial charge in [0.15, 0.2) is 0 Å². The predicted molar refractivity (Wildman–Crippen MR) is 65.2 cm³/mol. The molecule has 3 nitrogen and oxygen atoms in total. The van der Waals surface area contributed by atoms with Crippen LogP contribution in [0.2, 0.25) is 0 Å². The second kappa shape index (κ2) is 5.67. The Morgan fingerprint density at radius 3 is 2.75 bits per heavy atom. The molecule has 2 unspecified atom stereocenters. The van der Waals surface area contributed by atoms with Crippen LogP contribution >= 0.6 is 0 Å². The van der Waals surface area contributed by atoms with Crippen molar-refractivity contribution in [3.8, 4) is 0 Å². The van der Waals surface area contributed by atoms with Gasteiger partial charge in [-0.25, -0.2) is 0 Å². The third kappa shape index (κ3) is 3.21. The Labute approximate surface area is 98.4 Å². The first-order valence-electron chi connectivity index (χ1n) is 6.76. The summed E-state index contributed by atoms with van der Waals surface area (Å²) in [4.78, 5) is 11.8. The number of rotatable bonds is 4. The van der Waals surface area contributed by atoms with Crippen molar-refractivity contribution in [1.82, 2.24) is 10.6 Å². The minimum absolute atomic E-state index is 0.270. The molecule has 16 heavy (non-hydrogen) atoms. The Balaban J connectivity index is 1.68. The van der Waals surface area contributed by atoms with Gasteiger partial charge in [-0.05, 0) is 51.1 Å². The van der Waals surface area contributed by atoms with E-state index in [0.29, 0.717) is 17.9 Å². The number of carbonyl (C=O) groups is 1. The van der Waals surface area contributed by atoms with E-state index < -0.39 is 0 Å². The van der Waals surface area contributed by atoms with Crippen molar-refractivity contribution in [3.63, 3.8) is 0 Å². The molecule has 1 heterocycles. The Morgan fingerprint density at radius 1 is 1.38 bits per heavy atom. The summed E-state index contributed by atoms with van der Waals surface area (Å²) in [5, 5.41) is 6.52. The molecule has 0 aromatic carbocycles. The SMILES string of the molecule is CC(NC(=O)CC1CCCC1)C1CCNC1. The van der Waals surface area contributed by atoms with Crippen LogP contribution < -0.4 is 10.6 Å². The lowest BCUT2D eigenvalue weighted by atomic mass is 9.99. The summed E-state index contributed by atoms with van der Waals surface area (Å²) in [6.07, 6.45) is 7.11. The van der Waals surface area contributed by atoms with Gasteiger partial charge in [-0.3, -0.25) is 4.79 Å². The lowest BCUT2D eigenvalue weighted by Gasteiger charge is -2.20. The normalized spacial score (nSPS) is 28.2. The van der Waals surface area contributed by atoms with Gasteiger partial charge in [0.05, 0.1) is 0 Å². The van der Waals surface area contributed by atoms with Crippen molar-refractivity contribution >= 4 is 5.91 Å². The van der Waals surface area contributed by atoms with Gasteiger partial charge in [-0.2, -0.15) is 0 Å². The van der Waals surface area contributed by atoms with Crippen LogP contribution in [0.1, 0.15) is 45.4 Å². The van der Waals surface area contributed by atoms with Crippen LogP contribution in [0.5, 0.6) is 0 Å². The minimum Gasteiger partial charge on any atom is -0.353 e. The van der Waals surface area contributed by atoms with Crippen molar-refractivity contribution in [3.05, 3.63) is 0 Å². The third-order valence-corrected chi connectivity index (χ3v) is 4.14. The van der Waals surface area contributed by atoms with Gasteiger partial charge < -0.3 is 10.6 Å². The van der Waals surface area contributed by atoms with Crippen LogP contribution in [0.15, 0.2) is 0 Å². The van der Waals surface area contributed by atoms with Crippen LogP contribution in [0, 0.1) is 11.8 Å². The average molecular weight is 224 g/mol. The van der Waals surface area contributed by atoms with E-state index in [2.05, 4.69) is 17.6 Å². The summed E-state index contributed by atoms with van der Waals surface area (Å²) in [6.45, 7) is 4.31. The van der Waals surface area contributed by atoms with Crippen molar-refractivity contribution in [2.45, 2.75) is 51.5 Å². The van der Waals surface area contributed by atoms with Gasteiger partial charge in [0, 0.05) is 12.5 Å². The molecule has 1 saturated carbocycles. The largest absolute Gasteiger partial charge is 0.353 e. The molecule has 1 aliphatic heterocycles. The third-order valence-electron chi connectivity index (χ3n) is 4.14. The maximum absolute atomic E-state index is 11.8. The smallest absolute Gasteiger partial charge is 0.220 e. The summed E-state index contributed by atoms with van der Waals surface area (Å²) >= 11 is 0. The molecule has 0 bridgehead atoms. The summed E-state index contributed by atoms with van der Waals surface area (Å²) < 4.78 is 0. The molecular formula is C13H24N2O. The number of hydrogen-bond donors (Lipinski definition) is 2. The second-order valence-corrected chi connectivity index (χ2v) is 5.46. The van der Waals surface area contributed by atoms with Gasteiger partial charge in [-0.15, -0.1) is 0 Å². The zero-order valence-electron chi connectivity index (χ0n) is 10.3. The summed E-state index contributed by atoms with van der Waals surface area (Å²) in [7, 11) is 0. The standard InChI is InChI=1S/C13H24N2O/c1-10(12-6-7-14-9-12)15-13(16)8-11-4-2-3-5-11/h10-12,14H,2-9H2,1H3,(H,15,16). The first-order valence-corrected chi connectivity index (χ1v) is 6.76. The van der Waals surface area contributed by atoms with Crippen molar-refractivity contribution in [2.24, 2.45) is 11.8 Å². The van der Waals surface area contributed by atoms with E-state index >= 15 is 0 Å². The predicted octanol–water partition coefficient (Wildman–Crippen LogP) is 1.68. The van der Waals surface area contributed by atoms with Gasteiger partial charge in [0.25, 0.3) is 0 Å². The van der Waals surface area contributed by atoms with Crippen molar-refractivity contribution in [2.75, 3.05) is 13.1 Å². The molecule has 2 aliphatic rings. The minimum atomic E-state index is 0.270. The van der Waals surface area contributed by atoms with Crippen LogP contribution in [0.25, 0.3) is 0 Å². The lowest BCUT2D eigenvalue weighted by Crippen LogP contribution is -2.39. The topological polar surface area (TPSA) is 41.1 Å². The van der Waals surface area contributed by atoms with E-state index in [9.17, 15) is 4.79 Å². The van der Waals surface area contributed by atoms with E-state index in [1.54, 1.807) is 0 Å². The van der Waals surface area contributed by atoms with Gasteiger partial charge in [0.2, 0.25) is 5.91 Å². The van der Waals surface area contributed by atoms with E-state index in [-0.39, 0.29) is 5.91 Å². The molecule has 1 aliphatic carbocycles. The van der Waals surface area contributed by atoms with Crippen LogP contribution in [-0.4, -0.2) is 25.0 Å². The van der Waals surface area contributed by atoms with Gasteiger partial charge >= 0.3 is 0 Å². The van der Waals surface area contributed by atoms with E-state index in [1.165, 1.54) is 32.1 Å². The molecule has 2 rings (SSSR count). The Morgan fingerprint density at radius 2 is 2.12 bits per heavy atom. The lowest BCUT2D eigenvalue weighted by molar-refractivity contribution is -0.122. The summed E-state index contributed by atoms with van der Waals surface area (Å²) in [5.41, 5.74) is 0. The highest BCUT2D eigenvalue weighted by molar-refractivity contribution is 5.76. The second-order valence-electron chi connectivity index (χ2n) is 5.46. The van der Waals surface area contributed by atoms with Crippen molar-refractivity contribution < 1.29 is 4.79 Å². The zero-order chi connectivity index (χ0) is 11.4. The van der Waals surface area contributed by atoms with Crippen LogP contribution in [0.3, 0.4) is 0 Å². The number of nitrogens with one attached hydrogen (secondary N) is 2. The number of amides is 1. The fourth-order valence-corrected chi connectivity index (χ4v) is 3.01. The molecular weight excluding hydrogens is 200 g/mol. The highest BCUT2D eigenvalue weighted by Crippen LogP contribution is 2.27. The fourth-order valence-electron chi connectivity index (χ4n) is 3.01. The first kappa shape index (κ1) is 11.9. The molecule has 92 valence electrons. The quantitative estimate of drug-likeness (QED) is 0.763. The molecule has 2 atom stereocenters. The van der Waals surface area contributed by atoms with E-state index in [0.717, 1.165) is 19.5 Å². The van der Waals surface area contributed by atoms with Gasteiger partial charge in [-0.1, -0.05) is 12.8 Å². The first-order chi connectivity index (χ1) is 7.75. The highest BCUT2D eigenvalue weighted by atomic mass is 16.1. The molecule has 0 aromatic heterocycles. The van der Waals surface area contributed by atoms with Crippen LogP contribution in [0.4, 0.5) is 0 Å². The zero-order valence-corrected chi connectivity index (χ0v) is 10.3. The Bertz CT molecular complexity index is 230. The molecule has 2 N–H and O–H groups in total. The Kier molecular flexibility index (Phi) is 4.22. The number of hydrogen-bond acceptors (Lipinski definition) is 2. The molecule has 3 heteroatoms. The van der Waals surface area contributed by atoms with Crippen molar-refractivity contribution in [1.29, 1.82) is 0 Å². The molecule has 1 saturated heterocycles. The Hall–Kier alpha value is -0.570. The molecule has 0 aromatic rings. The fraction of sp³-hybridized carbons (Fsp3) is 0.923. The molecule has 2 fully saturated rings. The average Bonchev–Trinajstić information content (AvgIpc) is 2.88. The van der Waals surface area contributed by atoms with E-state index in [1.807, 2.05) is 0 Å².